The smallest absolute Gasteiger partial charge is 0.416 e. The molecule has 2 aliphatic heterocycles. The summed E-state index contributed by atoms with van der Waals surface area (Å²) in [6, 6.07) is 13.3. The van der Waals surface area contributed by atoms with Crippen molar-refractivity contribution in [2.75, 3.05) is 31.5 Å². The van der Waals surface area contributed by atoms with Crippen LogP contribution in [0.2, 0.25) is 0 Å². The van der Waals surface area contributed by atoms with Crippen LogP contribution in [-0.2, 0) is 18.9 Å². The number of fused-ring (bicyclic) bond motifs is 1. The first-order valence-corrected chi connectivity index (χ1v) is 14.9. The number of carbonyl (C=O) groups excluding carboxylic acids is 1. The molecule has 2 fully saturated rings. The van der Waals surface area contributed by atoms with E-state index in [1.165, 1.54) is 4.90 Å². The van der Waals surface area contributed by atoms with Gasteiger partial charge in [-0.3, -0.25) is 4.79 Å². The normalized spacial score (nSPS) is 17.7. The number of anilines is 1. The number of aromatic nitrogens is 2. The number of carbonyl (C=O) groups is 1. The first-order chi connectivity index (χ1) is 21.3. The highest BCUT2D eigenvalue weighted by Gasteiger charge is 2.38. The van der Waals surface area contributed by atoms with E-state index in [4.69, 9.17) is 9.40 Å². The maximum Gasteiger partial charge on any atom is 0.416 e. The van der Waals surface area contributed by atoms with Crippen molar-refractivity contribution >= 4 is 22.9 Å². The summed E-state index contributed by atoms with van der Waals surface area (Å²) in [6.07, 6.45) is -7.09. The third-order valence-corrected chi connectivity index (χ3v) is 8.73. The second kappa shape index (κ2) is 12.1. The Morgan fingerprint density at radius 3 is 2.13 bits per heavy atom. The molecule has 240 valence electrons. The molecule has 2 saturated heterocycles. The molecule has 0 spiro atoms. The Bertz CT molecular complexity index is 1630. The number of hydrogen-bond acceptors (Lipinski definition) is 5. The average Bonchev–Trinajstić information content (AvgIpc) is 3.58. The van der Waals surface area contributed by atoms with E-state index in [-0.39, 0.29) is 31.2 Å². The highest BCUT2D eigenvalue weighted by atomic mass is 19.4. The molecule has 2 aliphatic rings. The lowest BCUT2D eigenvalue weighted by molar-refractivity contribution is -0.143. The van der Waals surface area contributed by atoms with Gasteiger partial charge in [-0.15, -0.1) is 0 Å². The van der Waals surface area contributed by atoms with Gasteiger partial charge in [-0.1, -0.05) is 12.1 Å². The van der Waals surface area contributed by atoms with Crippen molar-refractivity contribution in [1.82, 2.24) is 19.4 Å². The van der Waals surface area contributed by atoms with Crippen molar-refractivity contribution in [2.45, 2.75) is 63.6 Å². The summed E-state index contributed by atoms with van der Waals surface area (Å²) in [5.74, 6) is 1.64. The minimum Gasteiger partial charge on any atom is -0.464 e. The van der Waals surface area contributed by atoms with Crippen LogP contribution in [0, 0.1) is 6.92 Å². The zero-order chi connectivity index (χ0) is 31.9. The summed E-state index contributed by atoms with van der Waals surface area (Å²) in [6.45, 7) is 4.61. The fourth-order valence-corrected chi connectivity index (χ4v) is 6.36. The molecule has 0 atom stereocenters. The molecule has 13 heteroatoms. The molecule has 0 aliphatic carbocycles. The van der Waals surface area contributed by atoms with Crippen molar-refractivity contribution in [3.63, 3.8) is 0 Å². The number of halogens is 6. The van der Waals surface area contributed by atoms with Gasteiger partial charge in [0, 0.05) is 43.8 Å². The predicted molar refractivity (Wildman–Crippen MR) is 156 cm³/mol. The fourth-order valence-electron chi connectivity index (χ4n) is 6.36. The largest absolute Gasteiger partial charge is 0.464 e. The number of furan rings is 1. The average molecular weight is 634 g/mol. The molecule has 0 unspecified atom stereocenters. The van der Waals surface area contributed by atoms with Gasteiger partial charge in [-0.2, -0.15) is 26.3 Å². The molecular weight excluding hydrogens is 600 g/mol. The van der Waals surface area contributed by atoms with Gasteiger partial charge in [-0.25, -0.2) is 4.98 Å². The Morgan fingerprint density at radius 1 is 0.889 bits per heavy atom. The third kappa shape index (κ3) is 6.82. The van der Waals surface area contributed by atoms with E-state index in [2.05, 4.69) is 14.8 Å². The number of hydrogen-bond donors (Lipinski definition) is 1. The SMILES string of the molecule is Cc1ccc(Cn2c(NC3CCN(C4CCN(C(=O)c5cc(C(F)(F)F)cc(C(F)(F)F)c5)CC4)CC3)nc3ccccc32)o1. The predicted octanol–water partition coefficient (Wildman–Crippen LogP) is 7.20. The second-order valence-corrected chi connectivity index (χ2v) is 11.8. The number of rotatable bonds is 6. The monoisotopic (exact) mass is 633 g/mol. The van der Waals surface area contributed by atoms with Crippen LogP contribution in [0.4, 0.5) is 32.3 Å². The number of para-hydroxylation sites is 2. The van der Waals surface area contributed by atoms with E-state index >= 15 is 0 Å². The minimum absolute atomic E-state index is 0.0388. The molecule has 7 nitrogen and oxygen atoms in total. The Labute approximate surface area is 255 Å². The highest BCUT2D eigenvalue weighted by Crippen LogP contribution is 2.37. The molecule has 1 N–H and O–H groups in total. The minimum atomic E-state index is -5.00. The number of piperidine rings is 2. The van der Waals surface area contributed by atoms with Crippen LogP contribution in [0.25, 0.3) is 11.0 Å². The molecule has 2 aromatic carbocycles. The molecule has 0 bridgehead atoms. The molecule has 6 rings (SSSR count). The lowest BCUT2D eigenvalue weighted by Gasteiger charge is -2.42. The molecule has 2 aromatic heterocycles. The van der Waals surface area contributed by atoms with Crippen LogP contribution in [0.15, 0.2) is 59.0 Å². The van der Waals surface area contributed by atoms with Crippen molar-refractivity contribution < 1.29 is 35.6 Å². The van der Waals surface area contributed by atoms with Crippen LogP contribution >= 0.6 is 0 Å². The van der Waals surface area contributed by atoms with Gasteiger partial charge in [0.1, 0.15) is 11.5 Å². The van der Waals surface area contributed by atoms with Gasteiger partial charge in [-0.05, 0) is 75.1 Å². The number of nitrogens with one attached hydrogen (secondary N) is 1. The van der Waals surface area contributed by atoms with E-state index in [1.54, 1.807) is 0 Å². The standard InChI is InChI=1S/C32H33F6N5O2/c1-20-6-7-26(45-20)19-43-28-5-3-2-4-27(28)40-30(43)39-24-8-12-41(13-9-24)25-10-14-42(15-11-25)29(44)21-16-22(31(33,34)35)18-23(17-21)32(36,37)38/h2-7,16-18,24-25H,8-15,19H2,1H3,(H,39,40). The van der Waals surface area contributed by atoms with Gasteiger partial charge in [0.15, 0.2) is 0 Å². The van der Waals surface area contributed by atoms with Gasteiger partial charge >= 0.3 is 12.4 Å². The number of likely N-dealkylation sites (tertiary alicyclic amines) is 2. The van der Waals surface area contributed by atoms with Crippen LogP contribution in [-0.4, -0.2) is 63.5 Å². The topological polar surface area (TPSA) is 66.5 Å². The van der Waals surface area contributed by atoms with E-state index in [0.717, 1.165) is 54.4 Å². The summed E-state index contributed by atoms with van der Waals surface area (Å²) in [5, 5.41) is 3.63. The van der Waals surface area contributed by atoms with Gasteiger partial charge in [0.2, 0.25) is 5.95 Å². The zero-order valence-electron chi connectivity index (χ0n) is 24.6. The second-order valence-electron chi connectivity index (χ2n) is 11.8. The summed E-state index contributed by atoms with van der Waals surface area (Å²) >= 11 is 0. The van der Waals surface area contributed by atoms with Gasteiger partial charge in [0.25, 0.3) is 5.91 Å². The van der Waals surface area contributed by atoms with Crippen LogP contribution < -0.4 is 5.32 Å². The number of nitrogens with zero attached hydrogens (tertiary/aromatic N) is 4. The van der Waals surface area contributed by atoms with E-state index in [1.807, 2.05) is 43.3 Å². The molecular formula is C32H33F6N5O2. The molecule has 1 amide bonds. The van der Waals surface area contributed by atoms with Crippen LogP contribution in [0.3, 0.4) is 0 Å². The summed E-state index contributed by atoms with van der Waals surface area (Å²) in [4.78, 5) is 21.6. The summed E-state index contributed by atoms with van der Waals surface area (Å²) in [5.41, 5.74) is -1.68. The van der Waals surface area contributed by atoms with Gasteiger partial charge < -0.3 is 24.1 Å². The lowest BCUT2D eigenvalue weighted by Crippen LogP contribution is -2.50. The summed E-state index contributed by atoms with van der Waals surface area (Å²) < 4.78 is 87.7. The Hall–Kier alpha value is -4.00. The van der Waals surface area contributed by atoms with Crippen molar-refractivity contribution in [3.8, 4) is 0 Å². The Balaban J connectivity index is 1.06. The molecule has 4 aromatic rings. The number of amides is 1. The maximum absolute atomic E-state index is 13.3. The number of benzene rings is 2. The third-order valence-electron chi connectivity index (χ3n) is 8.73. The molecule has 0 radical (unpaired) electrons. The quantitative estimate of drug-likeness (QED) is 0.228. The first-order valence-electron chi connectivity index (χ1n) is 14.9. The molecule has 4 heterocycles. The Kier molecular flexibility index (Phi) is 8.31. The van der Waals surface area contributed by atoms with Crippen molar-refractivity contribution in [3.05, 3.63) is 82.8 Å². The van der Waals surface area contributed by atoms with Crippen molar-refractivity contribution in [2.24, 2.45) is 0 Å². The maximum atomic E-state index is 13.3. The molecule has 45 heavy (non-hydrogen) atoms. The summed E-state index contributed by atoms with van der Waals surface area (Å²) in [7, 11) is 0. The number of imidazole rings is 1. The van der Waals surface area contributed by atoms with E-state index in [9.17, 15) is 31.1 Å². The first kappa shape index (κ1) is 31.0. The van der Waals surface area contributed by atoms with E-state index in [0.29, 0.717) is 31.5 Å². The zero-order valence-corrected chi connectivity index (χ0v) is 24.6. The van der Waals surface area contributed by atoms with Crippen LogP contribution in [0.1, 0.15) is 58.7 Å². The van der Waals surface area contributed by atoms with Gasteiger partial charge in [0.05, 0.1) is 28.7 Å². The Morgan fingerprint density at radius 2 is 1.53 bits per heavy atom. The highest BCUT2D eigenvalue weighted by molar-refractivity contribution is 5.94. The fraction of sp³-hybridized carbons (Fsp3) is 0.438. The van der Waals surface area contributed by atoms with Crippen LogP contribution in [0.5, 0.6) is 0 Å². The number of aryl methyl sites for hydroxylation is 1. The van der Waals surface area contributed by atoms with Crippen molar-refractivity contribution in [1.29, 1.82) is 0 Å². The van der Waals surface area contributed by atoms with E-state index < -0.39 is 35.0 Å². The number of alkyl halides is 6. The molecule has 0 saturated carbocycles. The lowest BCUT2D eigenvalue weighted by atomic mass is 9.97.